The van der Waals surface area contributed by atoms with Crippen LogP contribution in [0.4, 0.5) is 5.69 Å². The Kier molecular flexibility index (Phi) is 6.03. The van der Waals surface area contributed by atoms with Crippen molar-refractivity contribution in [2.75, 3.05) is 25.6 Å². The van der Waals surface area contributed by atoms with Gasteiger partial charge in [-0.2, -0.15) is 0 Å². The second-order valence-corrected chi connectivity index (χ2v) is 9.88. The van der Waals surface area contributed by atoms with Gasteiger partial charge in [0.25, 0.3) is 5.91 Å². The Balaban J connectivity index is 1.60. The Morgan fingerprint density at radius 3 is 2.57 bits per heavy atom. The largest absolute Gasteiger partial charge is 0.493 e. The number of hydrogen-bond donors (Lipinski definition) is 1. The van der Waals surface area contributed by atoms with E-state index in [1.165, 1.54) is 0 Å². The Bertz CT molecular complexity index is 1440. The molecular formula is C27H24Cl2N4O2. The Morgan fingerprint density at radius 1 is 1.09 bits per heavy atom. The van der Waals surface area contributed by atoms with Crippen molar-refractivity contribution in [1.29, 1.82) is 0 Å². The first-order chi connectivity index (χ1) is 16.8. The fourth-order valence-corrected chi connectivity index (χ4v) is 5.18. The number of carbonyl (C=O) groups excluding carboxylic acids is 1. The molecule has 1 aliphatic heterocycles. The molecule has 178 valence electrons. The number of rotatable bonds is 4. The fourth-order valence-electron chi connectivity index (χ4n) is 4.66. The van der Waals surface area contributed by atoms with Crippen LogP contribution in [0.1, 0.15) is 29.3 Å². The number of halogens is 2. The van der Waals surface area contributed by atoms with E-state index >= 15 is 0 Å². The van der Waals surface area contributed by atoms with Crippen molar-refractivity contribution in [2.45, 2.75) is 18.9 Å². The van der Waals surface area contributed by atoms with Crippen LogP contribution in [-0.2, 0) is 5.54 Å². The van der Waals surface area contributed by atoms with Crippen LogP contribution in [0.2, 0.25) is 10.0 Å². The summed E-state index contributed by atoms with van der Waals surface area (Å²) in [5, 5.41) is 5.09. The zero-order valence-electron chi connectivity index (χ0n) is 19.6. The van der Waals surface area contributed by atoms with Gasteiger partial charge in [-0.15, -0.1) is 0 Å². The van der Waals surface area contributed by atoms with Crippen molar-refractivity contribution in [3.63, 3.8) is 0 Å². The number of hydrogen-bond acceptors (Lipinski definition) is 5. The number of anilines is 1. The van der Waals surface area contributed by atoms with Crippen LogP contribution in [0.3, 0.4) is 0 Å². The van der Waals surface area contributed by atoms with Crippen molar-refractivity contribution in [3.05, 3.63) is 82.1 Å². The summed E-state index contributed by atoms with van der Waals surface area (Å²) in [6.07, 6.45) is 3.98. The van der Waals surface area contributed by atoms with Crippen molar-refractivity contribution in [3.8, 4) is 17.0 Å². The van der Waals surface area contributed by atoms with Gasteiger partial charge in [-0.1, -0.05) is 41.4 Å². The zero-order valence-corrected chi connectivity index (χ0v) is 21.1. The quantitative estimate of drug-likeness (QED) is 0.362. The molecule has 35 heavy (non-hydrogen) atoms. The summed E-state index contributed by atoms with van der Waals surface area (Å²) in [7, 11) is 3.82. The van der Waals surface area contributed by atoms with Gasteiger partial charge in [0.15, 0.2) is 0 Å². The molecule has 3 heterocycles. The lowest BCUT2D eigenvalue weighted by Crippen LogP contribution is -2.46. The average molecular weight is 507 g/mol. The molecule has 5 rings (SSSR count). The number of nitrogens with one attached hydrogen (secondary N) is 1. The summed E-state index contributed by atoms with van der Waals surface area (Å²) in [5.74, 6) is 0.591. The van der Waals surface area contributed by atoms with Crippen molar-refractivity contribution in [1.82, 2.24) is 15.3 Å². The van der Waals surface area contributed by atoms with Gasteiger partial charge in [-0.05, 0) is 37.3 Å². The highest BCUT2D eigenvalue weighted by atomic mass is 35.5. The number of benzene rings is 2. The highest BCUT2D eigenvalue weighted by Crippen LogP contribution is 2.38. The van der Waals surface area contributed by atoms with E-state index in [1.807, 2.05) is 56.3 Å². The molecule has 0 radical (unpaired) electrons. The maximum atomic E-state index is 13.7. The first-order valence-corrected chi connectivity index (χ1v) is 12.0. The fraction of sp³-hybridized carbons (Fsp3) is 0.222. The van der Waals surface area contributed by atoms with Crippen LogP contribution in [-0.4, -0.2) is 36.6 Å². The second kappa shape index (κ2) is 9.02. The Labute approximate surface area is 213 Å². The number of nitrogens with zero attached hydrogens (tertiary/aromatic N) is 3. The molecule has 0 saturated heterocycles. The van der Waals surface area contributed by atoms with Crippen LogP contribution in [0.25, 0.3) is 22.2 Å². The molecule has 2 aromatic carbocycles. The van der Waals surface area contributed by atoms with E-state index in [4.69, 9.17) is 27.9 Å². The third kappa shape index (κ3) is 4.28. The Morgan fingerprint density at radius 2 is 1.83 bits per heavy atom. The van der Waals surface area contributed by atoms with Gasteiger partial charge in [-0.25, -0.2) is 0 Å². The van der Waals surface area contributed by atoms with E-state index in [-0.39, 0.29) is 5.91 Å². The van der Waals surface area contributed by atoms with Crippen molar-refractivity contribution in [2.24, 2.45) is 0 Å². The molecule has 0 unspecified atom stereocenters. The predicted molar refractivity (Wildman–Crippen MR) is 141 cm³/mol. The van der Waals surface area contributed by atoms with Gasteiger partial charge in [-0.3, -0.25) is 14.8 Å². The summed E-state index contributed by atoms with van der Waals surface area (Å²) < 4.78 is 5.80. The minimum atomic E-state index is -0.564. The standard InChI is InChI=1S/C27H24Cl2N4O2/c1-27(9-11-35-22-7-5-4-6-21(22)27)32-26(34)20-15-31-24-19(25(20)33(2)3)8-10-30-23(24)16-12-17(28)14-18(29)13-16/h4-8,10,12-15H,9,11H2,1-3H3,(H,32,34)/t27-/m0/s1. The molecule has 0 bridgehead atoms. The second-order valence-electron chi connectivity index (χ2n) is 9.01. The summed E-state index contributed by atoms with van der Waals surface area (Å²) >= 11 is 12.5. The summed E-state index contributed by atoms with van der Waals surface area (Å²) in [5.41, 5.74) is 3.70. The molecule has 4 aromatic rings. The number of fused-ring (bicyclic) bond motifs is 2. The number of amides is 1. The lowest BCUT2D eigenvalue weighted by molar-refractivity contribution is 0.0873. The topological polar surface area (TPSA) is 67.4 Å². The van der Waals surface area contributed by atoms with Gasteiger partial charge < -0.3 is 15.0 Å². The molecule has 0 spiro atoms. The third-order valence-corrected chi connectivity index (χ3v) is 6.75. The smallest absolute Gasteiger partial charge is 0.255 e. The summed E-state index contributed by atoms with van der Waals surface area (Å²) in [6.45, 7) is 2.56. The lowest BCUT2D eigenvalue weighted by Gasteiger charge is -2.36. The minimum absolute atomic E-state index is 0.202. The maximum Gasteiger partial charge on any atom is 0.255 e. The van der Waals surface area contributed by atoms with E-state index in [1.54, 1.807) is 30.6 Å². The summed E-state index contributed by atoms with van der Waals surface area (Å²) in [6, 6.07) is 15.0. The highest BCUT2D eigenvalue weighted by molar-refractivity contribution is 6.35. The lowest BCUT2D eigenvalue weighted by atomic mass is 9.86. The van der Waals surface area contributed by atoms with E-state index in [0.29, 0.717) is 39.8 Å². The normalized spacial score (nSPS) is 16.9. The number of pyridine rings is 2. The van der Waals surface area contributed by atoms with Crippen molar-refractivity contribution >= 4 is 45.7 Å². The molecule has 1 aliphatic rings. The molecular weight excluding hydrogens is 483 g/mol. The number of aromatic nitrogens is 2. The molecule has 1 amide bonds. The average Bonchev–Trinajstić information content (AvgIpc) is 2.82. The highest BCUT2D eigenvalue weighted by Gasteiger charge is 2.35. The zero-order chi connectivity index (χ0) is 24.7. The molecule has 1 N–H and O–H groups in total. The summed E-state index contributed by atoms with van der Waals surface area (Å²) in [4.78, 5) is 24.8. The molecule has 1 atom stereocenters. The van der Waals surface area contributed by atoms with Crippen LogP contribution in [0.15, 0.2) is 60.9 Å². The monoisotopic (exact) mass is 506 g/mol. The van der Waals surface area contributed by atoms with E-state index in [2.05, 4.69) is 15.3 Å². The molecule has 0 fully saturated rings. The van der Waals surface area contributed by atoms with Gasteiger partial charge in [0.05, 0.1) is 34.6 Å². The van der Waals surface area contributed by atoms with Gasteiger partial charge in [0.1, 0.15) is 5.75 Å². The molecule has 8 heteroatoms. The number of carbonyl (C=O) groups is 1. The van der Waals surface area contributed by atoms with Crippen LogP contribution < -0.4 is 15.0 Å². The van der Waals surface area contributed by atoms with Gasteiger partial charge in [0.2, 0.25) is 0 Å². The molecule has 6 nitrogen and oxygen atoms in total. The minimum Gasteiger partial charge on any atom is -0.493 e. The Hall–Kier alpha value is -3.35. The number of para-hydroxylation sites is 1. The maximum absolute atomic E-state index is 13.7. The SMILES string of the molecule is CN(C)c1c(C(=O)N[C@@]2(C)CCOc3ccccc32)cnc2c(-c3cc(Cl)cc(Cl)c3)nccc12. The van der Waals surface area contributed by atoms with E-state index in [0.717, 1.165) is 28.0 Å². The predicted octanol–water partition coefficient (Wildman–Crippen LogP) is 6.10. The van der Waals surface area contributed by atoms with E-state index in [9.17, 15) is 4.79 Å². The van der Waals surface area contributed by atoms with Crippen molar-refractivity contribution < 1.29 is 9.53 Å². The van der Waals surface area contributed by atoms with Gasteiger partial charge >= 0.3 is 0 Å². The first-order valence-electron chi connectivity index (χ1n) is 11.2. The number of ether oxygens (including phenoxy) is 1. The third-order valence-electron chi connectivity index (χ3n) is 6.32. The van der Waals surface area contributed by atoms with Crippen LogP contribution >= 0.6 is 23.2 Å². The molecule has 0 aliphatic carbocycles. The molecule has 2 aromatic heterocycles. The van der Waals surface area contributed by atoms with Crippen LogP contribution in [0, 0.1) is 0 Å². The molecule has 0 saturated carbocycles. The van der Waals surface area contributed by atoms with E-state index < -0.39 is 5.54 Å². The first kappa shape index (κ1) is 23.4. The van der Waals surface area contributed by atoms with Gasteiger partial charge in [0, 0.05) is 59.5 Å². The van der Waals surface area contributed by atoms with Crippen LogP contribution in [0.5, 0.6) is 5.75 Å².